The zero-order chi connectivity index (χ0) is 27.4. The Kier molecular flexibility index (Phi) is 5.91. The summed E-state index contributed by atoms with van der Waals surface area (Å²) in [4.78, 5) is 23.2. The van der Waals surface area contributed by atoms with Crippen LogP contribution in [0.4, 0.5) is 14.6 Å². The first-order valence-electron chi connectivity index (χ1n) is 12.5. The number of aryl methyl sites for hydroxylation is 1. The molecular weight excluding hydrogens is 502 g/mol. The van der Waals surface area contributed by atoms with E-state index in [9.17, 15) is 13.6 Å². The highest BCUT2D eigenvalue weighted by Crippen LogP contribution is 2.33. The Morgan fingerprint density at radius 3 is 2.67 bits per heavy atom. The van der Waals surface area contributed by atoms with Crippen LogP contribution in [0.2, 0.25) is 0 Å². The number of anilines is 1. The lowest BCUT2D eigenvalue weighted by Crippen LogP contribution is -2.30. The molecule has 8 nitrogen and oxygen atoms in total. The number of carbonyl (C=O) groups excluding carboxylic acids is 1. The van der Waals surface area contributed by atoms with E-state index in [0.717, 1.165) is 36.0 Å². The lowest BCUT2D eigenvalue weighted by molar-refractivity contribution is 0.103. The van der Waals surface area contributed by atoms with Gasteiger partial charge in [-0.1, -0.05) is 6.07 Å². The standard InChI is InChI=1S/C29H26F2N6O2/c1-15-9-26(39-28-21(30)5-4-6-22(28)31)33-14-25(15)37-29(32)20(13-34-37)27(38)24-11-18-10-17-7-8-36(3)16(2)19(17)12-23(18)35-24/h4-6,9-14,16,35H,7-8,32H2,1-3H3. The topological polar surface area (TPSA) is 102 Å². The highest BCUT2D eigenvalue weighted by Gasteiger charge is 2.24. The van der Waals surface area contributed by atoms with Gasteiger partial charge in [0.05, 0.1) is 29.3 Å². The van der Waals surface area contributed by atoms with Gasteiger partial charge in [0.15, 0.2) is 11.6 Å². The summed E-state index contributed by atoms with van der Waals surface area (Å²) in [5.41, 5.74) is 11.6. The van der Waals surface area contributed by atoms with Crippen LogP contribution in [0.1, 0.15) is 45.7 Å². The fraction of sp³-hybridized carbons (Fsp3) is 0.207. The average molecular weight is 529 g/mol. The number of rotatable bonds is 5. The summed E-state index contributed by atoms with van der Waals surface area (Å²) in [7, 11) is 2.11. The van der Waals surface area contributed by atoms with E-state index in [-0.39, 0.29) is 23.0 Å². The predicted molar refractivity (Wildman–Crippen MR) is 143 cm³/mol. The Balaban J connectivity index is 1.29. The second-order valence-corrected chi connectivity index (χ2v) is 9.87. The first-order valence-corrected chi connectivity index (χ1v) is 12.5. The lowest BCUT2D eigenvalue weighted by atomic mass is 9.93. The van der Waals surface area contributed by atoms with Gasteiger partial charge in [-0.3, -0.25) is 9.69 Å². The molecule has 0 spiro atoms. The van der Waals surface area contributed by atoms with Gasteiger partial charge in [-0.25, -0.2) is 18.4 Å². The van der Waals surface area contributed by atoms with E-state index in [1.165, 1.54) is 40.3 Å². The van der Waals surface area contributed by atoms with Crippen LogP contribution in [0.15, 0.2) is 54.9 Å². The van der Waals surface area contributed by atoms with Crippen LogP contribution in [0.3, 0.4) is 0 Å². The van der Waals surface area contributed by atoms with Gasteiger partial charge in [-0.15, -0.1) is 0 Å². The Hall–Kier alpha value is -4.57. The molecule has 3 N–H and O–H groups in total. The molecule has 1 unspecified atom stereocenters. The van der Waals surface area contributed by atoms with Crippen molar-refractivity contribution in [2.24, 2.45) is 0 Å². The number of ether oxygens (including phenoxy) is 1. The number of nitrogens with two attached hydrogens (primary N) is 1. The molecule has 1 aliphatic rings. The lowest BCUT2D eigenvalue weighted by Gasteiger charge is -2.32. The summed E-state index contributed by atoms with van der Waals surface area (Å²) in [6.45, 7) is 4.93. The molecule has 3 aromatic heterocycles. The van der Waals surface area contributed by atoms with Crippen molar-refractivity contribution in [1.29, 1.82) is 0 Å². The minimum absolute atomic E-state index is 0.00330. The number of H-pyrrole nitrogens is 1. The van der Waals surface area contributed by atoms with E-state index >= 15 is 0 Å². The van der Waals surface area contributed by atoms with Crippen LogP contribution in [0.5, 0.6) is 11.6 Å². The maximum atomic E-state index is 14.0. The largest absolute Gasteiger partial charge is 0.433 e. The third kappa shape index (κ3) is 4.22. The number of likely N-dealkylation sites (N-methyl/N-ethyl adjacent to an activating group) is 1. The minimum Gasteiger partial charge on any atom is -0.433 e. The van der Waals surface area contributed by atoms with Gasteiger partial charge in [0, 0.05) is 29.6 Å². The van der Waals surface area contributed by atoms with Crippen molar-refractivity contribution >= 4 is 22.5 Å². The first-order chi connectivity index (χ1) is 18.7. The number of aromatic amines is 1. The number of halogens is 2. The number of benzene rings is 2. The Bertz CT molecular complexity index is 1740. The third-order valence-corrected chi connectivity index (χ3v) is 7.43. The van der Waals surface area contributed by atoms with Crippen molar-refractivity contribution in [2.45, 2.75) is 26.3 Å². The van der Waals surface area contributed by atoms with Gasteiger partial charge in [0.1, 0.15) is 5.82 Å². The van der Waals surface area contributed by atoms with Gasteiger partial charge >= 0.3 is 0 Å². The number of nitrogens with one attached hydrogen (secondary N) is 1. The number of ketones is 1. The molecule has 0 saturated carbocycles. The summed E-state index contributed by atoms with van der Waals surface area (Å²) in [5, 5.41) is 5.29. The molecule has 0 aliphatic carbocycles. The molecule has 0 saturated heterocycles. The van der Waals surface area contributed by atoms with Crippen molar-refractivity contribution in [1.82, 2.24) is 24.6 Å². The zero-order valence-electron chi connectivity index (χ0n) is 21.6. The normalized spacial score (nSPS) is 15.5. The number of nitrogens with zero attached hydrogens (tertiary/aromatic N) is 4. The first kappa shape index (κ1) is 24.7. The van der Waals surface area contributed by atoms with Crippen LogP contribution in [0.25, 0.3) is 16.6 Å². The maximum Gasteiger partial charge on any atom is 0.219 e. The van der Waals surface area contributed by atoms with Crippen molar-refractivity contribution < 1.29 is 18.3 Å². The SMILES string of the molecule is Cc1cc(Oc2c(F)cccc2F)ncc1-n1ncc(C(=O)c2cc3cc4c(cc3[nH]2)C(C)N(C)CC4)c1N. The quantitative estimate of drug-likeness (QED) is 0.293. The fourth-order valence-corrected chi connectivity index (χ4v) is 5.06. The Morgan fingerprint density at radius 2 is 1.92 bits per heavy atom. The van der Waals surface area contributed by atoms with Gasteiger partial charge < -0.3 is 15.5 Å². The van der Waals surface area contributed by atoms with Crippen LogP contribution < -0.4 is 10.5 Å². The highest BCUT2D eigenvalue weighted by atomic mass is 19.1. The molecule has 0 fully saturated rings. The Morgan fingerprint density at radius 1 is 1.15 bits per heavy atom. The number of hydrogen-bond donors (Lipinski definition) is 2. The highest BCUT2D eigenvalue weighted by molar-refractivity contribution is 6.12. The number of para-hydroxylation sites is 1. The number of fused-ring (bicyclic) bond motifs is 2. The molecule has 0 radical (unpaired) electrons. The van der Waals surface area contributed by atoms with Crippen molar-refractivity contribution in [3.63, 3.8) is 0 Å². The van der Waals surface area contributed by atoms with Crippen molar-refractivity contribution in [3.05, 3.63) is 94.4 Å². The molecule has 5 aromatic rings. The molecule has 39 heavy (non-hydrogen) atoms. The number of nitrogen functional groups attached to an aromatic ring is 1. The maximum absolute atomic E-state index is 14.0. The summed E-state index contributed by atoms with van der Waals surface area (Å²) >= 11 is 0. The monoisotopic (exact) mass is 528 g/mol. The van der Waals surface area contributed by atoms with Gasteiger partial charge in [-0.05, 0) is 74.3 Å². The van der Waals surface area contributed by atoms with Gasteiger partial charge in [-0.2, -0.15) is 5.10 Å². The fourth-order valence-electron chi connectivity index (χ4n) is 5.06. The van der Waals surface area contributed by atoms with E-state index < -0.39 is 17.4 Å². The van der Waals surface area contributed by atoms with Crippen LogP contribution in [0, 0.1) is 18.6 Å². The second-order valence-electron chi connectivity index (χ2n) is 9.87. The van der Waals surface area contributed by atoms with E-state index in [4.69, 9.17) is 10.5 Å². The molecule has 0 bridgehead atoms. The average Bonchev–Trinajstić information content (AvgIpc) is 3.50. The summed E-state index contributed by atoms with van der Waals surface area (Å²) in [6, 6.07) is 11.4. The molecule has 4 heterocycles. The Labute approximate surface area is 223 Å². The molecule has 10 heteroatoms. The van der Waals surface area contributed by atoms with E-state index in [2.05, 4.69) is 46.1 Å². The van der Waals surface area contributed by atoms with E-state index in [1.807, 2.05) is 6.07 Å². The molecule has 198 valence electrons. The molecule has 1 aliphatic heterocycles. The van der Waals surface area contributed by atoms with E-state index in [0.29, 0.717) is 23.0 Å². The summed E-state index contributed by atoms with van der Waals surface area (Å²) < 4.78 is 34.7. The van der Waals surface area contributed by atoms with Crippen LogP contribution in [-0.4, -0.2) is 44.0 Å². The number of aromatic nitrogens is 4. The molecule has 2 aromatic carbocycles. The number of carbonyl (C=O) groups is 1. The molecule has 1 atom stereocenters. The smallest absolute Gasteiger partial charge is 0.219 e. The number of pyridine rings is 1. The van der Waals surface area contributed by atoms with Gasteiger partial charge in [0.2, 0.25) is 17.4 Å². The van der Waals surface area contributed by atoms with Gasteiger partial charge in [0.25, 0.3) is 0 Å². The van der Waals surface area contributed by atoms with Crippen LogP contribution >= 0.6 is 0 Å². The second kappa shape index (κ2) is 9.32. The summed E-state index contributed by atoms with van der Waals surface area (Å²) in [5.74, 6) is -2.34. The van der Waals surface area contributed by atoms with Crippen LogP contribution in [-0.2, 0) is 6.42 Å². The van der Waals surface area contributed by atoms with Crippen molar-refractivity contribution in [3.8, 4) is 17.3 Å². The minimum atomic E-state index is -0.836. The molecular formula is C29H26F2N6O2. The third-order valence-electron chi connectivity index (χ3n) is 7.43. The zero-order valence-corrected chi connectivity index (χ0v) is 21.6. The van der Waals surface area contributed by atoms with Crippen molar-refractivity contribution in [2.75, 3.05) is 19.3 Å². The predicted octanol–water partition coefficient (Wildman–Crippen LogP) is 5.49. The molecule has 6 rings (SSSR count). The molecule has 0 amide bonds. The summed E-state index contributed by atoms with van der Waals surface area (Å²) in [6.07, 6.45) is 3.81. The van der Waals surface area contributed by atoms with E-state index in [1.54, 1.807) is 6.92 Å². The number of hydrogen-bond acceptors (Lipinski definition) is 6.